The number of benzene rings is 1. The zero-order valence-electron chi connectivity index (χ0n) is 14.8. The van der Waals surface area contributed by atoms with E-state index in [4.69, 9.17) is 26.5 Å². The Hall–Kier alpha value is -2.27. The Balaban J connectivity index is 1.85. The molecule has 1 aromatic carbocycles. The van der Waals surface area contributed by atoms with E-state index < -0.39 is 10.0 Å². The molecule has 0 amide bonds. The summed E-state index contributed by atoms with van der Waals surface area (Å²) < 4.78 is 33.4. The minimum Gasteiger partial charge on any atom is -0.455 e. The van der Waals surface area contributed by atoms with Crippen LogP contribution in [0.2, 0.25) is 0 Å². The average molecular weight is 411 g/mol. The first-order chi connectivity index (χ1) is 12.9. The maximum atomic E-state index is 11.3. The quantitative estimate of drug-likeness (QED) is 0.250. The van der Waals surface area contributed by atoms with Gasteiger partial charge in [0.05, 0.1) is 11.1 Å². The number of furan rings is 1. The molecule has 0 spiro atoms. The topological polar surface area (TPSA) is 119 Å². The minimum atomic E-state index is -3.71. The molecule has 0 bridgehead atoms. The monoisotopic (exact) mass is 410 g/mol. The molecule has 8 nitrogen and oxygen atoms in total. The molecule has 10 heteroatoms. The number of hydrazone groups is 1. The fraction of sp³-hybridized carbons (Fsp3) is 0.294. The third kappa shape index (κ3) is 7.10. The summed E-state index contributed by atoms with van der Waals surface area (Å²) in [6, 6.07) is 9.61. The Kier molecular flexibility index (Phi) is 7.92. The van der Waals surface area contributed by atoms with Gasteiger partial charge in [0.2, 0.25) is 10.0 Å². The molecule has 0 aliphatic rings. The van der Waals surface area contributed by atoms with Crippen molar-refractivity contribution < 1.29 is 17.6 Å². The lowest BCUT2D eigenvalue weighted by molar-refractivity contribution is 0.145. The number of nitrogens with one attached hydrogen (secondary N) is 2. The highest BCUT2D eigenvalue weighted by Gasteiger charge is 2.09. The van der Waals surface area contributed by atoms with Gasteiger partial charge in [-0.2, -0.15) is 5.10 Å². The molecule has 27 heavy (non-hydrogen) atoms. The minimum absolute atomic E-state index is 0.0473. The van der Waals surface area contributed by atoms with Gasteiger partial charge in [0.1, 0.15) is 11.5 Å². The number of primary sulfonamides is 1. The molecule has 0 saturated heterocycles. The molecule has 0 fully saturated rings. The fourth-order valence-corrected chi connectivity index (χ4v) is 2.77. The molecule has 0 aliphatic carbocycles. The van der Waals surface area contributed by atoms with Crippen molar-refractivity contribution in [3.63, 3.8) is 0 Å². The normalized spacial score (nSPS) is 11.6. The van der Waals surface area contributed by atoms with E-state index in [2.05, 4.69) is 15.8 Å². The molecule has 0 atom stereocenters. The van der Waals surface area contributed by atoms with Crippen LogP contribution in [0.3, 0.4) is 0 Å². The van der Waals surface area contributed by atoms with Crippen LogP contribution >= 0.6 is 12.2 Å². The molecule has 0 unspecified atom stereocenters. The van der Waals surface area contributed by atoms with Crippen LogP contribution in [0.5, 0.6) is 0 Å². The van der Waals surface area contributed by atoms with E-state index in [-0.39, 0.29) is 4.90 Å². The van der Waals surface area contributed by atoms with Crippen molar-refractivity contribution in [1.29, 1.82) is 0 Å². The summed E-state index contributed by atoms with van der Waals surface area (Å²) in [6.45, 7) is 4.03. The summed E-state index contributed by atoms with van der Waals surface area (Å²) in [5.41, 5.74) is 3.43. The number of rotatable bonds is 9. The van der Waals surface area contributed by atoms with Crippen molar-refractivity contribution in [3.05, 3.63) is 42.2 Å². The van der Waals surface area contributed by atoms with Gasteiger partial charge in [0.15, 0.2) is 5.11 Å². The van der Waals surface area contributed by atoms with Gasteiger partial charge in [-0.05, 0) is 62.0 Å². The SMILES string of the molecule is CCOCCCNC(=S)N/N=C\c1ccc(-c2ccc(S(N)(=O)=O)cc2)o1. The van der Waals surface area contributed by atoms with E-state index in [1.807, 2.05) is 6.92 Å². The number of thiocarbonyl (C=S) groups is 1. The highest BCUT2D eigenvalue weighted by atomic mass is 32.2. The van der Waals surface area contributed by atoms with Gasteiger partial charge in [-0.25, -0.2) is 13.6 Å². The van der Waals surface area contributed by atoms with E-state index >= 15 is 0 Å². The van der Waals surface area contributed by atoms with Crippen LogP contribution in [0.15, 0.2) is 50.8 Å². The zero-order valence-corrected chi connectivity index (χ0v) is 16.5. The zero-order chi connectivity index (χ0) is 19.7. The second kappa shape index (κ2) is 10.2. The molecule has 1 aromatic heterocycles. The Morgan fingerprint density at radius 2 is 2.04 bits per heavy atom. The Labute approximate surface area is 163 Å². The van der Waals surface area contributed by atoms with Gasteiger partial charge in [0.25, 0.3) is 0 Å². The van der Waals surface area contributed by atoms with Crippen molar-refractivity contribution in [2.75, 3.05) is 19.8 Å². The van der Waals surface area contributed by atoms with E-state index in [0.717, 1.165) is 12.0 Å². The molecule has 146 valence electrons. The van der Waals surface area contributed by atoms with Crippen LogP contribution in [0, 0.1) is 0 Å². The Morgan fingerprint density at radius 1 is 1.30 bits per heavy atom. The highest BCUT2D eigenvalue weighted by molar-refractivity contribution is 7.89. The molecule has 1 heterocycles. The van der Waals surface area contributed by atoms with Crippen LogP contribution in [-0.2, 0) is 14.8 Å². The lowest BCUT2D eigenvalue weighted by Crippen LogP contribution is -2.33. The summed E-state index contributed by atoms with van der Waals surface area (Å²) in [7, 11) is -3.71. The summed E-state index contributed by atoms with van der Waals surface area (Å²) in [5.74, 6) is 1.10. The second-order valence-corrected chi connectivity index (χ2v) is 7.42. The number of ether oxygens (including phenoxy) is 1. The van der Waals surface area contributed by atoms with Crippen LogP contribution in [-0.4, -0.2) is 39.5 Å². The first kappa shape index (κ1) is 21.0. The first-order valence-electron chi connectivity index (χ1n) is 8.28. The third-order valence-corrected chi connectivity index (χ3v) is 4.57. The third-order valence-electron chi connectivity index (χ3n) is 3.41. The van der Waals surface area contributed by atoms with Crippen molar-refractivity contribution in [2.45, 2.75) is 18.2 Å². The molecule has 0 aliphatic heterocycles. The van der Waals surface area contributed by atoms with Crippen LogP contribution in [0.1, 0.15) is 19.1 Å². The van der Waals surface area contributed by atoms with Crippen molar-refractivity contribution in [3.8, 4) is 11.3 Å². The maximum absolute atomic E-state index is 11.3. The van der Waals surface area contributed by atoms with Crippen molar-refractivity contribution >= 4 is 33.6 Å². The van der Waals surface area contributed by atoms with Gasteiger partial charge in [0, 0.05) is 25.3 Å². The van der Waals surface area contributed by atoms with Crippen LogP contribution in [0.25, 0.3) is 11.3 Å². The van der Waals surface area contributed by atoms with Crippen molar-refractivity contribution in [1.82, 2.24) is 10.7 Å². The predicted octanol–water partition coefficient (Wildman–Crippen LogP) is 1.82. The molecular weight excluding hydrogens is 388 g/mol. The van der Waals surface area contributed by atoms with E-state index in [0.29, 0.717) is 36.4 Å². The first-order valence-corrected chi connectivity index (χ1v) is 10.2. The summed E-state index contributed by atoms with van der Waals surface area (Å²) >= 11 is 5.10. The van der Waals surface area contributed by atoms with Crippen LogP contribution < -0.4 is 15.9 Å². The van der Waals surface area contributed by atoms with Gasteiger partial charge >= 0.3 is 0 Å². The largest absolute Gasteiger partial charge is 0.455 e. The molecule has 2 rings (SSSR count). The summed E-state index contributed by atoms with van der Waals surface area (Å²) in [5, 5.41) is 12.5. The molecule has 4 N–H and O–H groups in total. The second-order valence-electron chi connectivity index (χ2n) is 5.45. The fourth-order valence-electron chi connectivity index (χ4n) is 2.10. The molecule has 0 radical (unpaired) electrons. The smallest absolute Gasteiger partial charge is 0.238 e. The number of nitrogens with zero attached hydrogens (tertiary/aromatic N) is 1. The van der Waals surface area contributed by atoms with E-state index in [1.165, 1.54) is 18.3 Å². The van der Waals surface area contributed by atoms with Gasteiger partial charge in [-0.3, -0.25) is 5.43 Å². The van der Waals surface area contributed by atoms with Gasteiger partial charge in [-0.15, -0.1) is 0 Å². The van der Waals surface area contributed by atoms with Gasteiger partial charge < -0.3 is 14.5 Å². The van der Waals surface area contributed by atoms with E-state index in [9.17, 15) is 8.42 Å². The molecular formula is C17H22N4O4S2. The summed E-state index contributed by atoms with van der Waals surface area (Å²) in [6.07, 6.45) is 2.35. The molecule has 2 aromatic rings. The number of nitrogens with two attached hydrogens (primary N) is 1. The Bertz CT molecular complexity index is 877. The number of sulfonamides is 1. The van der Waals surface area contributed by atoms with Crippen molar-refractivity contribution in [2.24, 2.45) is 10.2 Å². The lowest BCUT2D eigenvalue weighted by atomic mass is 10.2. The van der Waals surface area contributed by atoms with E-state index in [1.54, 1.807) is 24.3 Å². The Morgan fingerprint density at radius 3 is 2.70 bits per heavy atom. The maximum Gasteiger partial charge on any atom is 0.238 e. The number of hydrogen-bond donors (Lipinski definition) is 3. The number of hydrogen-bond acceptors (Lipinski definition) is 6. The highest BCUT2D eigenvalue weighted by Crippen LogP contribution is 2.22. The average Bonchev–Trinajstić information content (AvgIpc) is 3.10. The summed E-state index contributed by atoms with van der Waals surface area (Å²) in [4.78, 5) is 0.0473. The standard InChI is InChI=1S/C17H22N4O4S2/c1-2-24-11-3-10-19-17(26)21-20-12-14-6-9-16(25-14)13-4-7-15(8-5-13)27(18,22)23/h4-9,12H,2-3,10-11H2,1H3,(H2,18,22,23)(H2,19,21,26)/b20-12-. The molecule has 0 saturated carbocycles. The lowest BCUT2D eigenvalue weighted by Gasteiger charge is -2.06. The predicted molar refractivity (Wildman–Crippen MR) is 108 cm³/mol. The van der Waals surface area contributed by atoms with Gasteiger partial charge in [-0.1, -0.05) is 0 Å². The van der Waals surface area contributed by atoms with Crippen LogP contribution in [0.4, 0.5) is 0 Å².